The zero-order valence-electron chi connectivity index (χ0n) is 16.8. The van der Waals surface area contributed by atoms with Gasteiger partial charge in [0.05, 0.1) is 40.6 Å². The van der Waals surface area contributed by atoms with Gasteiger partial charge in [-0.2, -0.15) is 0 Å². The second-order valence-electron chi connectivity index (χ2n) is 5.94. The highest BCUT2D eigenvalue weighted by molar-refractivity contribution is 6.12. The van der Waals surface area contributed by atoms with Gasteiger partial charge in [-0.3, -0.25) is 4.79 Å². The standard InChI is InChI=1S/C21H26O7/c1-6-7-10-28-20-17(26-4)12-14(19(23)21(20)27-5)18(22)13-8-9-15(24-2)16(11-13)25-3/h8-9,11-12,23H,6-7,10H2,1-5H3. The van der Waals surface area contributed by atoms with Gasteiger partial charge in [0.2, 0.25) is 11.5 Å². The van der Waals surface area contributed by atoms with Crippen molar-refractivity contribution in [1.82, 2.24) is 0 Å². The van der Waals surface area contributed by atoms with Crippen LogP contribution < -0.4 is 23.7 Å². The fourth-order valence-corrected chi connectivity index (χ4v) is 2.71. The molecule has 1 N–H and O–H groups in total. The van der Waals surface area contributed by atoms with Gasteiger partial charge in [-0.05, 0) is 30.7 Å². The van der Waals surface area contributed by atoms with Crippen molar-refractivity contribution in [2.24, 2.45) is 0 Å². The summed E-state index contributed by atoms with van der Waals surface area (Å²) < 4.78 is 26.8. The first kappa shape index (κ1) is 21.2. The molecular weight excluding hydrogens is 364 g/mol. The molecule has 2 aromatic carbocycles. The van der Waals surface area contributed by atoms with Crippen LogP contribution in [0.5, 0.6) is 34.5 Å². The quantitative estimate of drug-likeness (QED) is 0.487. The molecule has 0 bridgehead atoms. The number of phenols is 1. The minimum atomic E-state index is -0.421. The van der Waals surface area contributed by atoms with Crippen molar-refractivity contribution in [2.75, 3.05) is 35.0 Å². The fraction of sp³-hybridized carbons (Fsp3) is 0.381. The summed E-state index contributed by atoms with van der Waals surface area (Å²) in [6.45, 7) is 2.48. The highest BCUT2D eigenvalue weighted by Gasteiger charge is 2.25. The molecule has 7 heteroatoms. The van der Waals surface area contributed by atoms with Gasteiger partial charge in [-0.15, -0.1) is 0 Å². The molecule has 28 heavy (non-hydrogen) atoms. The van der Waals surface area contributed by atoms with E-state index in [1.165, 1.54) is 34.5 Å². The molecule has 2 aromatic rings. The molecule has 0 radical (unpaired) electrons. The predicted molar refractivity (Wildman–Crippen MR) is 105 cm³/mol. The number of phenolic OH excluding ortho intramolecular Hbond substituents is 1. The van der Waals surface area contributed by atoms with Crippen LogP contribution in [0.4, 0.5) is 0 Å². The molecule has 0 saturated heterocycles. The van der Waals surface area contributed by atoms with Crippen molar-refractivity contribution in [3.8, 4) is 34.5 Å². The Kier molecular flexibility index (Phi) is 7.37. The number of unbranched alkanes of at least 4 members (excludes halogenated alkanes) is 1. The number of carbonyl (C=O) groups excluding carboxylic acids is 1. The summed E-state index contributed by atoms with van der Waals surface area (Å²) >= 11 is 0. The average Bonchev–Trinajstić information content (AvgIpc) is 2.73. The Hall–Kier alpha value is -3.09. The van der Waals surface area contributed by atoms with Crippen LogP contribution in [-0.2, 0) is 0 Å². The molecule has 7 nitrogen and oxygen atoms in total. The molecule has 0 aliphatic carbocycles. The Morgan fingerprint density at radius 1 is 0.893 bits per heavy atom. The van der Waals surface area contributed by atoms with E-state index in [2.05, 4.69) is 0 Å². The van der Waals surface area contributed by atoms with E-state index in [0.717, 1.165) is 12.8 Å². The molecular formula is C21H26O7. The van der Waals surface area contributed by atoms with Crippen LogP contribution in [0, 0.1) is 0 Å². The molecule has 0 fully saturated rings. The maximum Gasteiger partial charge on any atom is 0.207 e. The van der Waals surface area contributed by atoms with Gasteiger partial charge in [0.15, 0.2) is 28.8 Å². The number of carbonyl (C=O) groups is 1. The lowest BCUT2D eigenvalue weighted by Gasteiger charge is -2.18. The summed E-state index contributed by atoms with van der Waals surface area (Å²) in [7, 11) is 5.85. The monoisotopic (exact) mass is 390 g/mol. The van der Waals surface area contributed by atoms with Crippen molar-refractivity contribution in [3.05, 3.63) is 35.4 Å². The molecule has 0 atom stereocenters. The van der Waals surface area contributed by atoms with E-state index < -0.39 is 5.78 Å². The van der Waals surface area contributed by atoms with Gasteiger partial charge in [0.1, 0.15) is 0 Å². The minimum absolute atomic E-state index is 0.0313. The average molecular weight is 390 g/mol. The van der Waals surface area contributed by atoms with E-state index in [1.54, 1.807) is 18.2 Å². The van der Waals surface area contributed by atoms with Crippen molar-refractivity contribution in [3.63, 3.8) is 0 Å². The molecule has 0 saturated carbocycles. The normalized spacial score (nSPS) is 10.3. The number of rotatable bonds is 10. The first-order valence-electron chi connectivity index (χ1n) is 8.89. The van der Waals surface area contributed by atoms with Crippen LogP contribution in [0.15, 0.2) is 24.3 Å². The van der Waals surface area contributed by atoms with Gasteiger partial charge in [-0.1, -0.05) is 13.3 Å². The van der Waals surface area contributed by atoms with Crippen LogP contribution in [0.1, 0.15) is 35.7 Å². The van der Waals surface area contributed by atoms with E-state index in [9.17, 15) is 9.90 Å². The van der Waals surface area contributed by atoms with E-state index in [0.29, 0.717) is 29.4 Å². The third-order valence-corrected chi connectivity index (χ3v) is 4.23. The molecule has 0 amide bonds. The number of aromatic hydroxyl groups is 1. The summed E-state index contributed by atoms with van der Waals surface area (Å²) in [5.41, 5.74) is 0.348. The van der Waals surface area contributed by atoms with Crippen molar-refractivity contribution < 1.29 is 33.6 Å². The zero-order chi connectivity index (χ0) is 20.7. The second-order valence-corrected chi connectivity index (χ2v) is 5.94. The van der Waals surface area contributed by atoms with Crippen LogP contribution >= 0.6 is 0 Å². The van der Waals surface area contributed by atoms with Gasteiger partial charge < -0.3 is 28.8 Å². The number of ether oxygens (including phenoxy) is 5. The third kappa shape index (κ3) is 4.24. The van der Waals surface area contributed by atoms with Crippen LogP contribution in [0.2, 0.25) is 0 Å². The molecule has 0 aliphatic rings. The molecule has 0 heterocycles. The molecule has 152 valence electrons. The third-order valence-electron chi connectivity index (χ3n) is 4.23. The number of ketones is 1. The highest BCUT2D eigenvalue weighted by atomic mass is 16.5. The number of hydrogen-bond donors (Lipinski definition) is 1. The summed E-state index contributed by atoms with van der Waals surface area (Å²) in [4.78, 5) is 13.0. The van der Waals surface area contributed by atoms with E-state index in [1.807, 2.05) is 6.92 Å². The first-order valence-corrected chi connectivity index (χ1v) is 8.89. The lowest BCUT2D eigenvalue weighted by Crippen LogP contribution is -2.07. The summed E-state index contributed by atoms with van der Waals surface area (Å²) in [6.07, 6.45) is 1.78. The zero-order valence-corrected chi connectivity index (χ0v) is 16.8. The molecule has 0 unspecified atom stereocenters. The predicted octanol–water partition coefficient (Wildman–Crippen LogP) is 3.84. The molecule has 2 rings (SSSR count). The van der Waals surface area contributed by atoms with Crippen LogP contribution in [0.25, 0.3) is 0 Å². The summed E-state index contributed by atoms with van der Waals surface area (Å²) in [5, 5.41) is 10.7. The molecule has 0 spiro atoms. The number of hydrogen-bond acceptors (Lipinski definition) is 7. The van der Waals surface area contributed by atoms with Crippen LogP contribution in [0.3, 0.4) is 0 Å². The van der Waals surface area contributed by atoms with E-state index in [4.69, 9.17) is 23.7 Å². The lowest BCUT2D eigenvalue weighted by molar-refractivity contribution is 0.103. The van der Waals surface area contributed by atoms with E-state index in [-0.39, 0.29) is 22.8 Å². The number of benzene rings is 2. The maximum atomic E-state index is 13.0. The maximum absolute atomic E-state index is 13.0. The van der Waals surface area contributed by atoms with E-state index >= 15 is 0 Å². The van der Waals surface area contributed by atoms with Gasteiger partial charge in [0, 0.05) is 5.56 Å². The Balaban J connectivity index is 2.51. The Bertz CT molecular complexity index is 830. The highest BCUT2D eigenvalue weighted by Crippen LogP contribution is 2.47. The molecule has 0 aromatic heterocycles. The van der Waals surface area contributed by atoms with Crippen molar-refractivity contribution in [1.29, 1.82) is 0 Å². The Labute approximate surface area is 164 Å². The Morgan fingerprint density at radius 3 is 2.14 bits per heavy atom. The smallest absolute Gasteiger partial charge is 0.207 e. The lowest BCUT2D eigenvalue weighted by atomic mass is 10.0. The summed E-state index contributed by atoms with van der Waals surface area (Å²) in [5.74, 6) is 0.794. The van der Waals surface area contributed by atoms with Crippen molar-refractivity contribution >= 4 is 5.78 Å². The summed E-state index contributed by atoms with van der Waals surface area (Å²) in [6, 6.07) is 6.21. The largest absolute Gasteiger partial charge is 0.504 e. The first-order chi connectivity index (χ1) is 13.5. The number of methoxy groups -OCH3 is 4. The fourth-order valence-electron chi connectivity index (χ4n) is 2.71. The van der Waals surface area contributed by atoms with Gasteiger partial charge >= 0.3 is 0 Å². The van der Waals surface area contributed by atoms with Crippen LogP contribution in [-0.4, -0.2) is 45.9 Å². The molecule has 0 aliphatic heterocycles. The minimum Gasteiger partial charge on any atom is -0.504 e. The topological polar surface area (TPSA) is 83.5 Å². The van der Waals surface area contributed by atoms with Gasteiger partial charge in [-0.25, -0.2) is 0 Å². The SMILES string of the molecule is CCCCOc1c(OC)cc(C(=O)c2ccc(OC)c(OC)c2)c(O)c1OC. The second kappa shape index (κ2) is 9.73. The van der Waals surface area contributed by atoms with Crippen molar-refractivity contribution in [2.45, 2.75) is 19.8 Å². The van der Waals surface area contributed by atoms with Gasteiger partial charge in [0.25, 0.3) is 0 Å². The Morgan fingerprint density at radius 2 is 1.57 bits per heavy atom.